The zero-order valence-corrected chi connectivity index (χ0v) is 13.8. The van der Waals surface area contributed by atoms with Crippen molar-refractivity contribution in [3.8, 4) is 5.75 Å². The summed E-state index contributed by atoms with van der Waals surface area (Å²) in [5.41, 5.74) is 1.28. The fraction of sp³-hybridized carbons (Fsp3) is 0.667. The molecule has 1 aliphatic rings. The monoisotopic (exact) mass is 291 g/mol. The minimum atomic E-state index is -0.0545. The number of fused-ring (bicyclic) bond motifs is 1. The van der Waals surface area contributed by atoms with Gasteiger partial charge in [0.1, 0.15) is 5.75 Å². The Hall–Kier alpha value is -1.06. The fourth-order valence-corrected chi connectivity index (χ4v) is 2.98. The Morgan fingerprint density at radius 2 is 2.14 bits per heavy atom. The Bertz CT molecular complexity index is 445. The maximum absolute atomic E-state index is 5.95. The lowest BCUT2D eigenvalue weighted by molar-refractivity contribution is 0.00905. The highest BCUT2D eigenvalue weighted by Gasteiger charge is 2.28. The molecule has 0 spiro atoms. The van der Waals surface area contributed by atoms with Crippen molar-refractivity contribution in [2.24, 2.45) is 5.92 Å². The van der Waals surface area contributed by atoms with Crippen LogP contribution in [0.3, 0.4) is 0 Å². The van der Waals surface area contributed by atoms with Gasteiger partial charge in [0.05, 0.1) is 12.2 Å². The number of hydrogen-bond donors (Lipinski definition) is 1. The maximum Gasteiger partial charge on any atom is 0.122 e. The topological polar surface area (TPSA) is 30.5 Å². The molecule has 21 heavy (non-hydrogen) atoms. The molecule has 3 nitrogen and oxygen atoms in total. The molecule has 1 aromatic rings. The number of methoxy groups -OCH3 is 1. The third-order valence-electron chi connectivity index (χ3n) is 4.55. The van der Waals surface area contributed by atoms with Crippen molar-refractivity contribution in [3.05, 3.63) is 29.8 Å². The second-order valence-corrected chi connectivity index (χ2v) is 6.55. The summed E-state index contributed by atoms with van der Waals surface area (Å²) in [4.78, 5) is 0. The molecule has 1 N–H and O–H groups in total. The van der Waals surface area contributed by atoms with Crippen LogP contribution in [0.15, 0.2) is 24.3 Å². The predicted octanol–water partition coefficient (Wildman–Crippen LogP) is 3.42. The molecule has 0 saturated carbocycles. The number of rotatable bonds is 7. The van der Waals surface area contributed by atoms with Crippen LogP contribution in [0.5, 0.6) is 5.75 Å². The Kier molecular flexibility index (Phi) is 5.65. The largest absolute Gasteiger partial charge is 0.493 e. The van der Waals surface area contributed by atoms with Gasteiger partial charge in [-0.05, 0) is 51.3 Å². The van der Waals surface area contributed by atoms with Gasteiger partial charge in [0.15, 0.2) is 0 Å². The van der Waals surface area contributed by atoms with Crippen LogP contribution in [0.4, 0.5) is 0 Å². The maximum atomic E-state index is 5.95. The summed E-state index contributed by atoms with van der Waals surface area (Å²) in [5.74, 6) is 1.59. The van der Waals surface area contributed by atoms with Crippen LogP contribution in [-0.4, -0.2) is 31.9 Å². The number of hydrogen-bond acceptors (Lipinski definition) is 3. The van der Waals surface area contributed by atoms with E-state index >= 15 is 0 Å². The molecule has 0 bridgehead atoms. The number of para-hydroxylation sites is 1. The van der Waals surface area contributed by atoms with E-state index in [9.17, 15) is 0 Å². The smallest absolute Gasteiger partial charge is 0.122 e. The zero-order valence-electron chi connectivity index (χ0n) is 13.8. The van der Waals surface area contributed by atoms with Crippen LogP contribution in [0.1, 0.15) is 39.2 Å². The summed E-state index contributed by atoms with van der Waals surface area (Å²) in [5, 5.41) is 3.64. The van der Waals surface area contributed by atoms with Crippen LogP contribution < -0.4 is 10.1 Å². The number of nitrogens with one attached hydrogen (secondary N) is 1. The van der Waals surface area contributed by atoms with Crippen molar-refractivity contribution in [1.29, 1.82) is 0 Å². The molecule has 0 amide bonds. The molecule has 3 heteroatoms. The van der Waals surface area contributed by atoms with E-state index in [2.05, 4.69) is 44.3 Å². The van der Waals surface area contributed by atoms with Gasteiger partial charge in [-0.1, -0.05) is 25.1 Å². The van der Waals surface area contributed by atoms with Crippen LogP contribution >= 0.6 is 0 Å². The van der Waals surface area contributed by atoms with Crippen molar-refractivity contribution in [2.75, 3.05) is 20.3 Å². The Balaban J connectivity index is 1.99. The van der Waals surface area contributed by atoms with E-state index < -0.39 is 0 Å². The van der Waals surface area contributed by atoms with Gasteiger partial charge in [-0.3, -0.25) is 0 Å². The highest BCUT2D eigenvalue weighted by molar-refractivity contribution is 5.35. The average Bonchev–Trinajstić information content (AvgIpc) is 2.51. The molecule has 0 aromatic heterocycles. The lowest BCUT2D eigenvalue weighted by Crippen LogP contribution is -2.42. The van der Waals surface area contributed by atoms with E-state index in [1.807, 2.05) is 6.07 Å². The molecule has 1 heterocycles. The van der Waals surface area contributed by atoms with Crippen molar-refractivity contribution < 1.29 is 9.47 Å². The lowest BCUT2D eigenvalue weighted by Gasteiger charge is -2.34. The van der Waals surface area contributed by atoms with Crippen molar-refractivity contribution in [2.45, 2.75) is 51.7 Å². The van der Waals surface area contributed by atoms with E-state index in [4.69, 9.17) is 9.47 Å². The molecule has 2 unspecified atom stereocenters. The van der Waals surface area contributed by atoms with E-state index in [0.29, 0.717) is 12.0 Å². The average molecular weight is 291 g/mol. The van der Waals surface area contributed by atoms with Crippen LogP contribution in [0, 0.1) is 5.92 Å². The minimum absolute atomic E-state index is 0.0545. The van der Waals surface area contributed by atoms with Crippen molar-refractivity contribution >= 4 is 0 Å². The standard InChI is InChI=1S/C18H29NO2/c1-5-19-16(10-11-18(2,3)20-4)15-12-14-8-6-7-9-17(14)21-13-15/h6-9,15-16,19H,5,10-13H2,1-4H3. The molecule has 118 valence electrons. The van der Waals surface area contributed by atoms with Crippen LogP contribution in [0.2, 0.25) is 0 Å². The third-order valence-corrected chi connectivity index (χ3v) is 4.55. The van der Waals surface area contributed by atoms with Gasteiger partial charge in [0.25, 0.3) is 0 Å². The van der Waals surface area contributed by atoms with Crippen molar-refractivity contribution in [3.63, 3.8) is 0 Å². The van der Waals surface area contributed by atoms with Crippen LogP contribution in [-0.2, 0) is 11.2 Å². The van der Waals surface area contributed by atoms with E-state index in [0.717, 1.165) is 38.2 Å². The van der Waals surface area contributed by atoms with Gasteiger partial charge in [-0.25, -0.2) is 0 Å². The third kappa shape index (κ3) is 4.45. The Labute approximate surface area is 129 Å². The van der Waals surface area contributed by atoms with Gasteiger partial charge in [0, 0.05) is 19.1 Å². The minimum Gasteiger partial charge on any atom is -0.493 e. The summed E-state index contributed by atoms with van der Waals surface area (Å²) in [6, 6.07) is 8.88. The first kappa shape index (κ1) is 16.3. The highest BCUT2D eigenvalue weighted by Crippen LogP contribution is 2.30. The first-order valence-corrected chi connectivity index (χ1v) is 8.05. The fourth-order valence-electron chi connectivity index (χ4n) is 2.98. The molecule has 0 fully saturated rings. The molecule has 1 aromatic carbocycles. The molecule has 0 aliphatic carbocycles. The Morgan fingerprint density at radius 3 is 2.86 bits per heavy atom. The molecule has 0 radical (unpaired) electrons. The van der Waals surface area contributed by atoms with Crippen molar-refractivity contribution in [1.82, 2.24) is 5.32 Å². The summed E-state index contributed by atoms with van der Waals surface area (Å²) in [7, 11) is 1.79. The second kappa shape index (κ2) is 7.28. The molecular weight excluding hydrogens is 262 g/mol. The first-order chi connectivity index (χ1) is 10.1. The zero-order chi connectivity index (χ0) is 15.3. The first-order valence-electron chi connectivity index (χ1n) is 8.05. The van der Waals surface area contributed by atoms with Gasteiger partial charge in [-0.2, -0.15) is 0 Å². The normalized spacial score (nSPS) is 19.7. The summed E-state index contributed by atoms with van der Waals surface area (Å²) < 4.78 is 11.5. The molecular formula is C18H29NO2. The van der Waals surface area contributed by atoms with Gasteiger partial charge in [-0.15, -0.1) is 0 Å². The van der Waals surface area contributed by atoms with Crippen LogP contribution in [0.25, 0.3) is 0 Å². The molecule has 0 saturated heterocycles. The van der Waals surface area contributed by atoms with Gasteiger partial charge in [0.2, 0.25) is 0 Å². The molecule has 2 rings (SSSR count). The van der Waals surface area contributed by atoms with Gasteiger partial charge < -0.3 is 14.8 Å². The lowest BCUT2D eigenvalue weighted by atomic mass is 9.86. The Morgan fingerprint density at radius 1 is 1.38 bits per heavy atom. The number of benzene rings is 1. The summed E-state index contributed by atoms with van der Waals surface area (Å²) >= 11 is 0. The molecule has 2 atom stereocenters. The quantitative estimate of drug-likeness (QED) is 0.835. The van der Waals surface area contributed by atoms with E-state index in [1.165, 1.54) is 5.56 Å². The SMILES string of the molecule is CCNC(CCC(C)(C)OC)C1COc2ccccc2C1. The second-order valence-electron chi connectivity index (χ2n) is 6.55. The predicted molar refractivity (Wildman–Crippen MR) is 86.9 cm³/mol. The van der Waals surface area contributed by atoms with E-state index in [1.54, 1.807) is 7.11 Å². The summed E-state index contributed by atoms with van der Waals surface area (Å²) in [6.07, 6.45) is 3.27. The van der Waals surface area contributed by atoms with Gasteiger partial charge >= 0.3 is 0 Å². The number of ether oxygens (including phenoxy) is 2. The highest BCUT2D eigenvalue weighted by atomic mass is 16.5. The summed E-state index contributed by atoms with van der Waals surface area (Å²) in [6.45, 7) is 8.29. The molecule has 1 aliphatic heterocycles. The van der Waals surface area contributed by atoms with E-state index in [-0.39, 0.29) is 5.60 Å².